The molecule has 0 aliphatic heterocycles. The molecule has 0 bridgehead atoms. The van der Waals surface area contributed by atoms with Crippen molar-refractivity contribution in [2.24, 2.45) is 0 Å². The average Bonchev–Trinajstić information content (AvgIpc) is 3.29. The molecule has 0 spiro atoms. The van der Waals surface area contributed by atoms with Crippen LogP contribution in [0.5, 0.6) is 0 Å². The van der Waals surface area contributed by atoms with Crippen LogP contribution in [0.25, 0.3) is 0 Å². The summed E-state index contributed by atoms with van der Waals surface area (Å²) in [6.07, 6.45) is 2.06. The Balaban J connectivity index is 1.31. The van der Waals surface area contributed by atoms with E-state index in [1.807, 2.05) is 30.3 Å². The summed E-state index contributed by atoms with van der Waals surface area (Å²) < 4.78 is 10.7. The fraction of sp³-hybridized carbons (Fsp3) is 0.323. The first-order valence-corrected chi connectivity index (χ1v) is 13.2. The van der Waals surface area contributed by atoms with Crippen LogP contribution in [-0.2, 0) is 22.3 Å². The number of hydrogen-bond acceptors (Lipinski definition) is 5. The summed E-state index contributed by atoms with van der Waals surface area (Å²) in [5, 5.41) is 8.51. The number of aryl methyl sites for hydroxylation is 2. The first kappa shape index (κ1) is 27.7. The van der Waals surface area contributed by atoms with Gasteiger partial charge in [0.1, 0.15) is 5.60 Å². The van der Waals surface area contributed by atoms with E-state index in [9.17, 15) is 14.4 Å². The molecule has 8 nitrogen and oxygen atoms in total. The van der Waals surface area contributed by atoms with Crippen LogP contribution in [0.15, 0.2) is 72.8 Å². The van der Waals surface area contributed by atoms with Gasteiger partial charge in [-0.3, -0.25) is 10.1 Å². The number of para-hydroxylation sites is 2. The summed E-state index contributed by atoms with van der Waals surface area (Å²) in [6, 6.07) is 22.3. The first-order valence-electron chi connectivity index (χ1n) is 13.2. The first-order chi connectivity index (χ1) is 18.7. The summed E-state index contributed by atoms with van der Waals surface area (Å²) in [6.45, 7) is 5.70. The number of hydrogen-bond donors (Lipinski definition) is 3. The number of fused-ring (bicyclic) bond motifs is 1. The molecule has 3 aromatic rings. The lowest BCUT2D eigenvalue weighted by atomic mass is 10.0. The van der Waals surface area contributed by atoms with Gasteiger partial charge >= 0.3 is 12.2 Å². The highest BCUT2D eigenvalue weighted by atomic mass is 16.6. The quantitative estimate of drug-likeness (QED) is 0.284. The van der Waals surface area contributed by atoms with Crippen LogP contribution < -0.4 is 16.0 Å². The van der Waals surface area contributed by atoms with Gasteiger partial charge in [-0.25, -0.2) is 9.59 Å². The molecule has 1 unspecified atom stereocenters. The molecular formula is C31H35N3O5. The van der Waals surface area contributed by atoms with Crippen molar-refractivity contribution in [1.29, 1.82) is 0 Å². The van der Waals surface area contributed by atoms with Gasteiger partial charge in [0.2, 0.25) is 0 Å². The Kier molecular flexibility index (Phi) is 8.86. The van der Waals surface area contributed by atoms with Gasteiger partial charge in [-0.1, -0.05) is 48.5 Å². The Morgan fingerprint density at radius 2 is 1.56 bits per heavy atom. The fourth-order valence-corrected chi connectivity index (χ4v) is 4.49. The van der Waals surface area contributed by atoms with E-state index in [1.54, 1.807) is 51.1 Å². The van der Waals surface area contributed by atoms with Gasteiger partial charge in [0.05, 0.1) is 24.0 Å². The number of carbonyl (C=O) groups is 3. The molecule has 0 heterocycles. The minimum Gasteiger partial charge on any atom is -0.450 e. The van der Waals surface area contributed by atoms with E-state index >= 15 is 0 Å². The Hall–Kier alpha value is -4.33. The highest BCUT2D eigenvalue weighted by Gasteiger charge is 2.26. The molecule has 3 amide bonds. The smallest absolute Gasteiger partial charge is 0.412 e. The number of nitrogens with one attached hydrogen (secondary N) is 3. The molecule has 0 radical (unpaired) electrons. The maximum atomic E-state index is 13.0. The van der Waals surface area contributed by atoms with Crippen molar-refractivity contribution in [1.82, 2.24) is 5.32 Å². The largest absolute Gasteiger partial charge is 0.450 e. The molecule has 3 N–H and O–H groups in total. The molecule has 0 fully saturated rings. The fourth-order valence-electron chi connectivity index (χ4n) is 4.49. The molecule has 1 aliphatic rings. The summed E-state index contributed by atoms with van der Waals surface area (Å²) in [7, 11) is 0. The number of alkyl carbamates (subject to hydrolysis) is 1. The lowest BCUT2D eigenvalue weighted by Crippen LogP contribution is -2.28. The zero-order valence-corrected chi connectivity index (χ0v) is 22.6. The third-order valence-electron chi connectivity index (χ3n) is 6.27. The predicted octanol–water partition coefficient (Wildman–Crippen LogP) is 6.63. The van der Waals surface area contributed by atoms with Crippen LogP contribution in [0.2, 0.25) is 0 Å². The normalized spacial score (nSPS) is 14.2. The Morgan fingerprint density at radius 3 is 2.28 bits per heavy atom. The van der Waals surface area contributed by atoms with Gasteiger partial charge in [0.25, 0.3) is 5.91 Å². The van der Waals surface area contributed by atoms with E-state index in [-0.39, 0.29) is 11.9 Å². The van der Waals surface area contributed by atoms with Gasteiger partial charge in [-0.05, 0) is 87.4 Å². The molecule has 204 valence electrons. The number of ether oxygens (including phenoxy) is 2. The van der Waals surface area contributed by atoms with Crippen LogP contribution in [0.1, 0.15) is 66.7 Å². The van der Waals surface area contributed by atoms with E-state index in [0.29, 0.717) is 23.5 Å². The SMILES string of the molecule is CC(C)(C)OC(=O)Nc1ccccc1NC(=O)c1ccc2c(c1)CCC2NC(=O)OCCCc1ccccc1. The lowest BCUT2D eigenvalue weighted by Gasteiger charge is -2.20. The van der Waals surface area contributed by atoms with Crippen molar-refractivity contribution in [2.45, 2.75) is 58.1 Å². The molecule has 3 aromatic carbocycles. The number of amides is 3. The van der Waals surface area contributed by atoms with Crippen molar-refractivity contribution in [2.75, 3.05) is 17.2 Å². The monoisotopic (exact) mass is 529 g/mol. The van der Waals surface area contributed by atoms with E-state index < -0.39 is 17.8 Å². The summed E-state index contributed by atoms with van der Waals surface area (Å²) in [5.74, 6) is -0.300. The third kappa shape index (κ3) is 8.07. The molecule has 0 saturated carbocycles. The Morgan fingerprint density at radius 1 is 0.872 bits per heavy atom. The molecule has 0 saturated heterocycles. The second-order valence-electron chi connectivity index (χ2n) is 10.5. The molecule has 8 heteroatoms. The Bertz CT molecular complexity index is 1320. The van der Waals surface area contributed by atoms with E-state index in [2.05, 4.69) is 28.1 Å². The van der Waals surface area contributed by atoms with Gasteiger partial charge in [0.15, 0.2) is 0 Å². The summed E-state index contributed by atoms with van der Waals surface area (Å²) in [5.41, 5.74) is 3.96. The van der Waals surface area contributed by atoms with Gasteiger partial charge < -0.3 is 20.1 Å². The number of anilines is 2. The summed E-state index contributed by atoms with van der Waals surface area (Å²) >= 11 is 0. The zero-order valence-electron chi connectivity index (χ0n) is 22.6. The number of rotatable bonds is 8. The number of benzene rings is 3. The zero-order chi connectivity index (χ0) is 27.8. The highest BCUT2D eigenvalue weighted by molar-refractivity contribution is 6.07. The highest BCUT2D eigenvalue weighted by Crippen LogP contribution is 2.32. The predicted molar refractivity (Wildman–Crippen MR) is 151 cm³/mol. The minimum atomic E-state index is -0.640. The van der Waals surface area contributed by atoms with Crippen molar-refractivity contribution in [3.63, 3.8) is 0 Å². The van der Waals surface area contributed by atoms with E-state index in [1.165, 1.54) is 5.56 Å². The molecule has 4 rings (SSSR count). The third-order valence-corrected chi connectivity index (χ3v) is 6.27. The molecular weight excluding hydrogens is 494 g/mol. The van der Waals surface area contributed by atoms with Gasteiger partial charge in [0, 0.05) is 5.56 Å². The lowest BCUT2D eigenvalue weighted by molar-refractivity contribution is 0.0635. The van der Waals surface area contributed by atoms with E-state index in [4.69, 9.17) is 9.47 Å². The molecule has 1 atom stereocenters. The number of carbonyl (C=O) groups excluding carboxylic acids is 3. The van der Waals surface area contributed by atoms with Gasteiger partial charge in [-0.15, -0.1) is 0 Å². The standard InChI is InChI=1S/C31H35N3O5/c1-31(2,3)39-30(37)34-27-14-8-7-13-26(27)32-28(35)23-15-17-24-22(20-23)16-18-25(24)33-29(36)38-19-9-12-21-10-5-4-6-11-21/h4-8,10-11,13-15,17,20,25H,9,12,16,18-19H2,1-3H3,(H,32,35)(H,33,36)(H,34,37). The molecule has 39 heavy (non-hydrogen) atoms. The van der Waals surface area contributed by atoms with Crippen molar-refractivity contribution in [3.8, 4) is 0 Å². The minimum absolute atomic E-state index is 0.155. The topological polar surface area (TPSA) is 106 Å². The average molecular weight is 530 g/mol. The second-order valence-corrected chi connectivity index (χ2v) is 10.5. The van der Waals surface area contributed by atoms with Crippen LogP contribution in [0, 0.1) is 0 Å². The maximum absolute atomic E-state index is 13.0. The van der Waals surface area contributed by atoms with Crippen LogP contribution in [0.3, 0.4) is 0 Å². The van der Waals surface area contributed by atoms with Gasteiger partial charge in [-0.2, -0.15) is 0 Å². The molecule has 0 aromatic heterocycles. The van der Waals surface area contributed by atoms with E-state index in [0.717, 1.165) is 36.8 Å². The van der Waals surface area contributed by atoms with Crippen LogP contribution in [-0.4, -0.2) is 30.3 Å². The summed E-state index contributed by atoms with van der Waals surface area (Å²) in [4.78, 5) is 37.6. The van der Waals surface area contributed by atoms with Crippen molar-refractivity contribution >= 4 is 29.5 Å². The van der Waals surface area contributed by atoms with Crippen LogP contribution >= 0.6 is 0 Å². The second kappa shape index (κ2) is 12.5. The maximum Gasteiger partial charge on any atom is 0.412 e. The molecule has 1 aliphatic carbocycles. The Labute approximate surface area is 229 Å². The van der Waals surface area contributed by atoms with Crippen molar-refractivity contribution < 1.29 is 23.9 Å². The van der Waals surface area contributed by atoms with Crippen LogP contribution in [0.4, 0.5) is 21.0 Å². The van der Waals surface area contributed by atoms with Crippen molar-refractivity contribution in [3.05, 3.63) is 95.1 Å².